The molecule has 0 radical (unpaired) electrons. The molecule has 2 aromatic rings. The number of thioether (sulfide) groups is 1. The van der Waals surface area contributed by atoms with Crippen molar-refractivity contribution in [3.05, 3.63) is 65.2 Å². The van der Waals surface area contributed by atoms with Gasteiger partial charge in [0, 0.05) is 16.7 Å². The molecule has 2 N–H and O–H groups in total. The van der Waals surface area contributed by atoms with E-state index in [1.807, 2.05) is 6.92 Å². The average molecular weight is 293 g/mol. The van der Waals surface area contributed by atoms with Crippen LogP contribution >= 0.6 is 11.8 Å². The largest absolute Gasteiger partial charge is 0.327 e. The highest BCUT2D eigenvalue weighted by Gasteiger charge is 2.08. The Bertz CT molecular complexity index is 569. The molecule has 2 aromatic carbocycles. The van der Waals surface area contributed by atoms with Gasteiger partial charge in [-0.15, -0.1) is 11.8 Å². The molecule has 4 heteroatoms. The molecule has 2 rings (SSSR count). The third-order valence-electron chi connectivity index (χ3n) is 2.97. The molecule has 1 unspecified atom stereocenters. The molecule has 0 aliphatic carbocycles. The lowest BCUT2D eigenvalue weighted by Gasteiger charge is -2.11. The zero-order valence-electron chi connectivity index (χ0n) is 11.3. The van der Waals surface area contributed by atoms with E-state index in [-0.39, 0.29) is 6.04 Å². The molecule has 0 fully saturated rings. The second-order valence-corrected chi connectivity index (χ2v) is 5.93. The number of nitrogens with two attached hydrogens (primary N) is 1. The highest BCUT2D eigenvalue weighted by molar-refractivity contribution is 7.99. The first-order chi connectivity index (χ1) is 9.54. The van der Waals surface area contributed by atoms with E-state index in [1.54, 1.807) is 17.8 Å². The molecule has 0 aliphatic rings. The van der Waals surface area contributed by atoms with E-state index < -0.39 is 11.6 Å². The van der Waals surface area contributed by atoms with Gasteiger partial charge >= 0.3 is 0 Å². The first kappa shape index (κ1) is 15.0. The highest BCUT2D eigenvalue weighted by atomic mass is 32.2. The molecule has 1 nitrogen and oxygen atoms in total. The van der Waals surface area contributed by atoms with Crippen molar-refractivity contribution in [2.45, 2.75) is 24.3 Å². The van der Waals surface area contributed by atoms with Gasteiger partial charge in [-0.3, -0.25) is 0 Å². The lowest BCUT2D eigenvalue weighted by Crippen LogP contribution is -2.25. The molecule has 0 saturated carbocycles. The fraction of sp³-hybridized carbons (Fsp3) is 0.250. The fourth-order valence-corrected chi connectivity index (χ4v) is 2.72. The molecule has 106 valence electrons. The van der Waals surface area contributed by atoms with Gasteiger partial charge in [0.25, 0.3) is 0 Å². The maximum Gasteiger partial charge on any atom is 0.159 e. The van der Waals surface area contributed by atoms with E-state index in [4.69, 9.17) is 5.73 Å². The Balaban J connectivity index is 1.87. The zero-order valence-corrected chi connectivity index (χ0v) is 12.1. The van der Waals surface area contributed by atoms with Gasteiger partial charge in [0.2, 0.25) is 0 Å². The third-order valence-corrected chi connectivity index (χ3v) is 4.17. The number of hydrogen-bond donors (Lipinski definition) is 1. The minimum atomic E-state index is -0.823. The Morgan fingerprint density at radius 2 is 1.75 bits per heavy atom. The van der Waals surface area contributed by atoms with E-state index in [0.717, 1.165) is 22.3 Å². The molecule has 0 aromatic heterocycles. The zero-order chi connectivity index (χ0) is 14.5. The number of aryl methyl sites for hydroxylation is 1. The summed E-state index contributed by atoms with van der Waals surface area (Å²) in [6.07, 6.45) is 0.538. The summed E-state index contributed by atoms with van der Waals surface area (Å²) in [7, 11) is 0. The van der Waals surface area contributed by atoms with Gasteiger partial charge in [0.15, 0.2) is 11.6 Å². The minimum absolute atomic E-state index is 0.0915. The van der Waals surface area contributed by atoms with Gasteiger partial charge in [-0.25, -0.2) is 8.78 Å². The van der Waals surface area contributed by atoms with Crippen LogP contribution in [0.15, 0.2) is 47.4 Å². The molecular weight excluding hydrogens is 276 g/mol. The fourth-order valence-electron chi connectivity index (χ4n) is 1.87. The van der Waals surface area contributed by atoms with Crippen molar-refractivity contribution in [1.29, 1.82) is 0 Å². The molecule has 0 spiro atoms. The van der Waals surface area contributed by atoms with E-state index >= 15 is 0 Å². The monoisotopic (exact) mass is 293 g/mol. The molecule has 0 amide bonds. The lowest BCUT2D eigenvalue weighted by molar-refractivity contribution is 0.506. The standard InChI is InChI=1S/C16H17F2NS/c1-11-2-5-14(6-3-11)20-10-13(19)8-12-4-7-15(17)16(18)9-12/h2-7,9,13H,8,10,19H2,1H3. The maximum atomic E-state index is 13.1. The predicted molar refractivity (Wildman–Crippen MR) is 79.9 cm³/mol. The van der Waals surface area contributed by atoms with Crippen LogP contribution in [0.4, 0.5) is 8.78 Å². The van der Waals surface area contributed by atoms with Crippen LogP contribution in [0.3, 0.4) is 0 Å². The first-order valence-corrected chi connectivity index (χ1v) is 7.42. The van der Waals surface area contributed by atoms with Crippen LogP contribution in [0.1, 0.15) is 11.1 Å². The quantitative estimate of drug-likeness (QED) is 0.845. The van der Waals surface area contributed by atoms with Gasteiger partial charge < -0.3 is 5.73 Å². The molecule has 0 heterocycles. The number of halogens is 2. The van der Waals surface area contributed by atoms with Gasteiger partial charge in [-0.05, 0) is 43.2 Å². The summed E-state index contributed by atoms with van der Waals surface area (Å²) in [5, 5.41) is 0. The minimum Gasteiger partial charge on any atom is -0.327 e. The van der Waals surface area contributed by atoms with Crippen LogP contribution in [-0.2, 0) is 6.42 Å². The van der Waals surface area contributed by atoms with Crippen LogP contribution in [-0.4, -0.2) is 11.8 Å². The van der Waals surface area contributed by atoms with E-state index in [0.29, 0.717) is 6.42 Å². The van der Waals surface area contributed by atoms with Gasteiger partial charge in [-0.1, -0.05) is 23.8 Å². The smallest absolute Gasteiger partial charge is 0.159 e. The first-order valence-electron chi connectivity index (χ1n) is 6.43. The van der Waals surface area contributed by atoms with Crippen LogP contribution in [0, 0.1) is 18.6 Å². The van der Waals surface area contributed by atoms with Crippen LogP contribution in [0.5, 0.6) is 0 Å². The Morgan fingerprint density at radius 3 is 2.40 bits per heavy atom. The SMILES string of the molecule is Cc1ccc(SCC(N)Cc2ccc(F)c(F)c2)cc1. The summed E-state index contributed by atoms with van der Waals surface area (Å²) in [5.74, 6) is -0.903. The van der Waals surface area contributed by atoms with E-state index in [1.165, 1.54) is 11.6 Å². The number of hydrogen-bond acceptors (Lipinski definition) is 2. The third kappa shape index (κ3) is 4.32. The number of benzene rings is 2. The Hall–Kier alpha value is -1.39. The van der Waals surface area contributed by atoms with Crippen molar-refractivity contribution in [3.8, 4) is 0 Å². The summed E-state index contributed by atoms with van der Waals surface area (Å²) < 4.78 is 25.9. The lowest BCUT2D eigenvalue weighted by atomic mass is 10.1. The van der Waals surface area contributed by atoms with Crippen molar-refractivity contribution in [1.82, 2.24) is 0 Å². The van der Waals surface area contributed by atoms with Crippen LogP contribution in [0.25, 0.3) is 0 Å². The summed E-state index contributed by atoms with van der Waals surface area (Å²) in [6.45, 7) is 2.04. The number of rotatable bonds is 5. The van der Waals surface area contributed by atoms with Crippen molar-refractivity contribution in [2.24, 2.45) is 5.73 Å². The summed E-state index contributed by atoms with van der Waals surface area (Å²) in [4.78, 5) is 1.16. The van der Waals surface area contributed by atoms with Crippen molar-refractivity contribution >= 4 is 11.8 Å². The molecule has 0 bridgehead atoms. The van der Waals surface area contributed by atoms with E-state index in [9.17, 15) is 8.78 Å². The van der Waals surface area contributed by atoms with Crippen molar-refractivity contribution in [3.63, 3.8) is 0 Å². The van der Waals surface area contributed by atoms with Crippen molar-refractivity contribution in [2.75, 3.05) is 5.75 Å². The average Bonchev–Trinajstić information content (AvgIpc) is 2.42. The summed E-state index contributed by atoms with van der Waals surface area (Å²) >= 11 is 1.67. The molecule has 0 aliphatic heterocycles. The Kier molecular flexibility index (Phi) is 5.15. The van der Waals surface area contributed by atoms with Gasteiger partial charge in [-0.2, -0.15) is 0 Å². The molecule has 0 saturated heterocycles. The van der Waals surface area contributed by atoms with Crippen LogP contribution in [0.2, 0.25) is 0 Å². The normalized spacial score (nSPS) is 12.4. The van der Waals surface area contributed by atoms with E-state index in [2.05, 4.69) is 24.3 Å². The second-order valence-electron chi connectivity index (χ2n) is 4.84. The second kappa shape index (κ2) is 6.86. The summed E-state index contributed by atoms with van der Waals surface area (Å²) in [5.41, 5.74) is 7.98. The molecule has 20 heavy (non-hydrogen) atoms. The van der Waals surface area contributed by atoms with Crippen molar-refractivity contribution < 1.29 is 8.78 Å². The predicted octanol–water partition coefficient (Wildman–Crippen LogP) is 3.94. The Labute approximate surface area is 122 Å². The molecule has 1 atom stereocenters. The van der Waals surface area contributed by atoms with Gasteiger partial charge in [0.1, 0.15) is 0 Å². The highest BCUT2D eigenvalue weighted by Crippen LogP contribution is 2.20. The molecular formula is C16H17F2NS. The Morgan fingerprint density at radius 1 is 1.05 bits per heavy atom. The maximum absolute atomic E-state index is 13.1. The van der Waals surface area contributed by atoms with Gasteiger partial charge in [0.05, 0.1) is 0 Å². The van der Waals surface area contributed by atoms with Crippen LogP contribution < -0.4 is 5.73 Å². The summed E-state index contributed by atoms with van der Waals surface area (Å²) in [6, 6.07) is 12.1. The topological polar surface area (TPSA) is 26.0 Å².